The third kappa shape index (κ3) is 5.62. The lowest BCUT2D eigenvalue weighted by molar-refractivity contribution is 0.0776. The molecule has 2 aromatic heterocycles. The van der Waals surface area contributed by atoms with Crippen molar-refractivity contribution in [1.82, 2.24) is 20.4 Å². The van der Waals surface area contributed by atoms with Crippen LogP contribution in [0.5, 0.6) is 0 Å². The fourth-order valence-electron chi connectivity index (χ4n) is 4.15. The Hall–Kier alpha value is -3.60. The number of anilines is 1. The summed E-state index contributed by atoms with van der Waals surface area (Å²) in [5, 5.41) is 5.15. The first kappa shape index (κ1) is 19.5. The van der Waals surface area contributed by atoms with Crippen LogP contribution in [0.1, 0.15) is 40.3 Å². The van der Waals surface area contributed by atoms with E-state index >= 15 is 0 Å². The molecule has 10 heteroatoms. The molecule has 0 aliphatic carbocycles. The van der Waals surface area contributed by atoms with Crippen LogP contribution in [0.4, 0.5) is 5.82 Å². The summed E-state index contributed by atoms with van der Waals surface area (Å²) < 4.78 is 82.0. The molecule has 1 aliphatic rings. The topological polar surface area (TPSA) is 133 Å². The van der Waals surface area contributed by atoms with Crippen molar-refractivity contribution >= 4 is 15.7 Å². The molecule has 198 valence electrons. The maximum atomic E-state index is 13.0. The number of hydrogen-bond acceptors (Lipinski definition) is 9. The molecule has 2 aromatic carbocycles. The molecule has 4 aromatic rings. The Morgan fingerprint density at radius 1 is 1.05 bits per heavy atom. The first-order valence-corrected chi connectivity index (χ1v) is 13.6. The van der Waals surface area contributed by atoms with Crippen molar-refractivity contribution in [3.63, 3.8) is 0 Å². The summed E-state index contributed by atoms with van der Waals surface area (Å²) in [5.41, 5.74) is 9.61. The number of sulfone groups is 1. The van der Waals surface area contributed by atoms with Gasteiger partial charge in [0.1, 0.15) is 5.69 Å². The Morgan fingerprint density at radius 2 is 1.74 bits per heavy atom. The van der Waals surface area contributed by atoms with Crippen molar-refractivity contribution in [1.29, 1.82) is 0 Å². The molecule has 38 heavy (non-hydrogen) atoms. The smallest absolute Gasteiger partial charge is 0.189 e. The van der Waals surface area contributed by atoms with Crippen LogP contribution in [0.15, 0.2) is 70.2 Å². The first-order chi connectivity index (χ1) is 20.7. The Labute approximate surface area is 230 Å². The van der Waals surface area contributed by atoms with Crippen LogP contribution in [0.25, 0.3) is 34.0 Å². The molecule has 3 heterocycles. The number of ether oxygens (including phenoxy) is 1. The zero-order valence-corrected chi connectivity index (χ0v) is 21.2. The van der Waals surface area contributed by atoms with E-state index in [9.17, 15) is 8.42 Å². The fraction of sp³-hybridized carbons (Fsp3) is 0.321. The summed E-state index contributed by atoms with van der Waals surface area (Å²) in [5.74, 6) is 0.359. The normalized spacial score (nSPS) is 17.7. The molecule has 0 saturated carbocycles. The highest BCUT2D eigenvalue weighted by Gasteiger charge is 2.20. The molecule has 9 nitrogen and oxygen atoms in total. The predicted molar refractivity (Wildman–Crippen MR) is 146 cm³/mol. The Bertz CT molecular complexity index is 1690. The minimum absolute atomic E-state index is 0.0865. The average molecular weight is 540 g/mol. The fourth-order valence-corrected chi connectivity index (χ4v) is 4.94. The van der Waals surface area contributed by atoms with Crippen molar-refractivity contribution in [2.45, 2.75) is 49.3 Å². The second-order valence-corrected chi connectivity index (χ2v) is 11.0. The van der Waals surface area contributed by atoms with Crippen molar-refractivity contribution in [2.75, 3.05) is 18.9 Å². The van der Waals surface area contributed by atoms with Gasteiger partial charge in [0.05, 0.1) is 22.0 Å². The second-order valence-electron chi connectivity index (χ2n) is 8.98. The van der Waals surface area contributed by atoms with E-state index in [0.29, 0.717) is 23.0 Å². The van der Waals surface area contributed by atoms with Crippen LogP contribution in [0, 0.1) is 0 Å². The van der Waals surface area contributed by atoms with Gasteiger partial charge in [0.2, 0.25) is 0 Å². The van der Waals surface area contributed by atoms with E-state index < -0.39 is 33.7 Å². The molecular formula is C28H31N5O4S. The van der Waals surface area contributed by atoms with Gasteiger partial charge in [0.25, 0.3) is 0 Å². The van der Waals surface area contributed by atoms with Crippen molar-refractivity contribution in [3.8, 4) is 34.0 Å². The molecule has 0 amide bonds. The number of nitrogen functional groups attached to an aromatic ring is 1. The maximum absolute atomic E-state index is 13.0. The first-order valence-electron chi connectivity index (χ1n) is 15.1. The third-order valence-corrected chi connectivity index (χ3v) is 7.95. The summed E-state index contributed by atoms with van der Waals surface area (Å²) >= 11 is 0. The highest BCUT2D eigenvalue weighted by molar-refractivity contribution is 7.92. The molecule has 1 aliphatic heterocycles. The number of nitrogens with one attached hydrogen (secondary N) is 1. The lowest BCUT2D eigenvalue weighted by Gasteiger charge is -2.23. The van der Waals surface area contributed by atoms with E-state index in [-0.39, 0.29) is 17.3 Å². The zero-order chi connectivity index (χ0) is 31.7. The van der Waals surface area contributed by atoms with E-state index in [1.165, 1.54) is 18.3 Å². The quantitative estimate of drug-likeness (QED) is 0.332. The molecule has 0 bridgehead atoms. The monoisotopic (exact) mass is 539 g/mol. The highest BCUT2D eigenvalue weighted by Crippen LogP contribution is 2.30. The van der Waals surface area contributed by atoms with E-state index in [2.05, 4.69) is 20.4 Å². The average Bonchev–Trinajstić information content (AvgIpc) is 3.46. The van der Waals surface area contributed by atoms with Gasteiger partial charge in [-0.3, -0.25) is 0 Å². The molecular weight excluding hydrogens is 502 g/mol. The molecule has 0 unspecified atom stereocenters. The van der Waals surface area contributed by atoms with E-state index in [1.807, 2.05) is 24.3 Å². The summed E-state index contributed by atoms with van der Waals surface area (Å²) in [6, 6.07) is 15.1. The lowest BCUT2D eigenvalue weighted by Crippen LogP contribution is -2.34. The lowest BCUT2D eigenvalue weighted by atomic mass is 10.1. The molecule has 1 saturated heterocycles. The van der Waals surface area contributed by atoms with E-state index in [1.54, 1.807) is 6.07 Å². The number of aromatic nitrogens is 3. The van der Waals surface area contributed by atoms with Crippen molar-refractivity contribution < 1.29 is 25.9 Å². The molecule has 0 atom stereocenters. The second kappa shape index (κ2) is 11.0. The zero-order valence-electron chi connectivity index (χ0n) is 26.4. The minimum Gasteiger partial charge on any atom is -0.382 e. The number of nitrogens with zero attached hydrogens (tertiary/aromatic N) is 3. The highest BCUT2D eigenvalue weighted by atomic mass is 32.2. The minimum atomic E-state index is -4.72. The van der Waals surface area contributed by atoms with Crippen molar-refractivity contribution in [3.05, 3.63) is 66.4 Å². The maximum Gasteiger partial charge on any atom is 0.189 e. The van der Waals surface area contributed by atoms with Crippen LogP contribution in [-0.2, 0) is 21.1 Å². The summed E-state index contributed by atoms with van der Waals surface area (Å²) in [4.78, 5) is 8.30. The van der Waals surface area contributed by atoms with Gasteiger partial charge in [-0.2, -0.15) is 0 Å². The van der Waals surface area contributed by atoms with Gasteiger partial charge in [0, 0.05) is 51.2 Å². The molecule has 1 fully saturated rings. The standard InChI is InChI=1S/C28H31N5O4S/c1-18(2)38(34,35)23-9-7-21(8-10-23)25-17-31-28(29)27(32-25)26-15-24(33-37-26)20-5-3-19(4-6-20)16-30-22-11-13-36-14-12-22/h3-10,15,17-18,22,30H,11-14,16H2,1-2H3,(H2,29,31)/i1D3,2D3. The Morgan fingerprint density at radius 3 is 2.45 bits per heavy atom. The summed E-state index contributed by atoms with van der Waals surface area (Å²) in [6.45, 7) is -4.19. The molecule has 3 N–H and O–H groups in total. The molecule has 0 radical (unpaired) electrons. The summed E-state index contributed by atoms with van der Waals surface area (Å²) in [7, 11) is -4.72. The summed E-state index contributed by atoms with van der Waals surface area (Å²) in [6.07, 6.45) is 3.39. The van der Waals surface area contributed by atoms with Crippen LogP contribution in [0.3, 0.4) is 0 Å². The number of nitrogens with two attached hydrogens (primary N) is 1. The predicted octanol–water partition coefficient (Wildman–Crippen LogP) is 4.50. The largest absolute Gasteiger partial charge is 0.382 e. The van der Waals surface area contributed by atoms with Crippen LogP contribution < -0.4 is 11.1 Å². The van der Waals surface area contributed by atoms with Gasteiger partial charge in [-0.1, -0.05) is 41.6 Å². The van der Waals surface area contributed by atoms with Gasteiger partial charge < -0.3 is 20.3 Å². The van der Waals surface area contributed by atoms with Gasteiger partial charge >= 0.3 is 0 Å². The SMILES string of the molecule is [2H]C([2H])([2H])C(C([2H])([2H])[2H])S(=O)(=O)c1ccc(-c2cnc(N)c(-c3cc(-c4ccc(CNC5CCOCC5)cc4)no3)n2)cc1. The van der Waals surface area contributed by atoms with Crippen LogP contribution in [0.2, 0.25) is 0 Å². The van der Waals surface area contributed by atoms with Crippen LogP contribution in [-0.4, -0.2) is 48.0 Å². The van der Waals surface area contributed by atoms with Gasteiger partial charge in [-0.15, -0.1) is 0 Å². The van der Waals surface area contributed by atoms with Crippen LogP contribution >= 0.6 is 0 Å². The van der Waals surface area contributed by atoms with Gasteiger partial charge in [-0.25, -0.2) is 18.4 Å². The Kier molecular flexibility index (Phi) is 5.65. The van der Waals surface area contributed by atoms with E-state index in [0.717, 1.165) is 55.9 Å². The van der Waals surface area contributed by atoms with Gasteiger partial charge in [-0.05, 0) is 44.2 Å². The van der Waals surface area contributed by atoms with Crippen molar-refractivity contribution in [2.24, 2.45) is 0 Å². The molecule has 0 spiro atoms. The number of rotatable bonds is 8. The molecule has 5 rings (SSSR count). The Balaban J connectivity index is 1.33. The third-order valence-electron chi connectivity index (χ3n) is 6.40. The van der Waals surface area contributed by atoms with E-state index in [4.69, 9.17) is 23.2 Å². The number of benzene rings is 2. The number of hydrogen-bond donors (Lipinski definition) is 2. The van der Waals surface area contributed by atoms with Gasteiger partial charge in [0.15, 0.2) is 27.1 Å².